The van der Waals surface area contributed by atoms with E-state index in [2.05, 4.69) is 12.0 Å². The first-order chi connectivity index (χ1) is 10.2. The van der Waals surface area contributed by atoms with Gasteiger partial charge >= 0.3 is 0 Å². The van der Waals surface area contributed by atoms with Crippen LogP contribution in [0.5, 0.6) is 0 Å². The maximum Gasteiger partial charge on any atom is 0.244 e. The molecule has 0 saturated carbocycles. The molecule has 5 heteroatoms. The van der Waals surface area contributed by atoms with Crippen molar-refractivity contribution in [2.45, 2.75) is 32.9 Å². The van der Waals surface area contributed by atoms with Gasteiger partial charge in [-0.2, -0.15) is 5.10 Å². The molecule has 0 aliphatic carbocycles. The molecular formula is C16H20FN3O. The van der Waals surface area contributed by atoms with E-state index in [-0.39, 0.29) is 18.3 Å². The normalized spacial score (nSPS) is 10.6. The number of unbranched alkanes of at least 4 members (excludes halogenated alkanes) is 1. The molecule has 0 N–H and O–H groups in total. The maximum atomic E-state index is 13.8. The van der Waals surface area contributed by atoms with Gasteiger partial charge in [0.05, 0.1) is 0 Å². The molecule has 1 heterocycles. The van der Waals surface area contributed by atoms with Gasteiger partial charge < -0.3 is 4.90 Å². The molecule has 0 bridgehead atoms. The van der Waals surface area contributed by atoms with Gasteiger partial charge in [-0.1, -0.05) is 31.5 Å². The summed E-state index contributed by atoms with van der Waals surface area (Å²) in [6.07, 6.45) is 5.28. The average Bonchev–Trinajstić information content (AvgIpc) is 2.98. The summed E-state index contributed by atoms with van der Waals surface area (Å²) in [5.74, 6) is -0.318. The summed E-state index contributed by atoms with van der Waals surface area (Å²) in [6.45, 7) is 3.18. The van der Waals surface area contributed by atoms with Crippen molar-refractivity contribution in [3.63, 3.8) is 0 Å². The highest BCUT2D eigenvalue weighted by Crippen LogP contribution is 2.11. The molecular weight excluding hydrogens is 269 g/mol. The minimum Gasteiger partial charge on any atom is -0.337 e. The summed E-state index contributed by atoms with van der Waals surface area (Å²) in [5, 5.41) is 4.04. The molecule has 0 aliphatic heterocycles. The van der Waals surface area contributed by atoms with Crippen LogP contribution in [0.15, 0.2) is 42.7 Å². The molecule has 1 aromatic carbocycles. The Kier molecular flexibility index (Phi) is 5.49. The number of halogens is 1. The molecule has 0 atom stereocenters. The first kappa shape index (κ1) is 15.2. The highest BCUT2D eigenvalue weighted by Gasteiger charge is 2.15. The minimum atomic E-state index is -0.272. The van der Waals surface area contributed by atoms with Crippen molar-refractivity contribution < 1.29 is 9.18 Å². The van der Waals surface area contributed by atoms with Crippen LogP contribution < -0.4 is 0 Å². The largest absolute Gasteiger partial charge is 0.337 e. The fourth-order valence-corrected chi connectivity index (χ4v) is 2.11. The molecule has 2 aromatic rings. The highest BCUT2D eigenvalue weighted by atomic mass is 19.1. The van der Waals surface area contributed by atoms with Gasteiger partial charge in [-0.25, -0.2) is 4.39 Å². The molecule has 0 unspecified atom stereocenters. The fraction of sp³-hybridized carbons (Fsp3) is 0.375. The Morgan fingerprint density at radius 3 is 2.81 bits per heavy atom. The number of rotatable bonds is 7. The number of carbonyl (C=O) groups is 1. The lowest BCUT2D eigenvalue weighted by Gasteiger charge is -2.23. The van der Waals surface area contributed by atoms with Crippen molar-refractivity contribution in [3.05, 3.63) is 54.1 Å². The topological polar surface area (TPSA) is 38.1 Å². The Balaban J connectivity index is 2.06. The number of amides is 1. The van der Waals surface area contributed by atoms with Crippen molar-refractivity contribution in [1.82, 2.24) is 14.7 Å². The number of hydrogen-bond acceptors (Lipinski definition) is 2. The predicted octanol–water partition coefficient (Wildman–Crippen LogP) is 2.85. The van der Waals surface area contributed by atoms with Crippen molar-refractivity contribution in [2.75, 3.05) is 6.54 Å². The second kappa shape index (κ2) is 7.57. The van der Waals surface area contributed by atoms with Gasteiger partial charge in [0.15, 0.2) is 0 Å². The van der Waals surface area contributed by atoms with E-state index in [9.17, 15) is 9.18 Å². The van der Waals surface area contributed by atoms with E-state index in [0.717, 1.165) is 12.8 Å². The molecule has 0 radical (unpaired) electrons. The summed E-state index contributed by atoms with van der Waals surface area (Å²) in [4.78, 5) is 14.1. The second-order valence-electron chi connectivity index (χ2n) is 4.96. The third-order valence-corrected chi connectivity index (χ3v) is 3.31. The summed E-state index contributed by atoms with van der Waals surface area (Å²) in [5.41, 5.74) is 0.544. The van der Waals surface area contributed by atoms with Crippen molar-refractivity contribution in [1.29, 1.82) is 0 Å². The monoisotopic (exact) mass is 289 g/mol. The Hall–Kier alpha value is -2.17. The summed E-state index contributed by atoms with van der Waals surface area (Å²) in [6, 6.07) is 8.36. The zero-order valence-electron chi connectivity index (χ0n) is 12.2. The molecule has 112 valence electrons. The van der Waals surface area contributed by atoms with Crippen LogP contribution >= 0.6 is 0 Å². The molecule has 4 nitrogen and oxygen atoms in total. The number of benzene rings is 1. The molecule has 21 heavy (non-hydrogen) atoms. The summed E-state index contributed by atoms with van der Waals surface area (Å²) in [7, 11) is 0. The first-order valence-electron chi connectivity index (χ1n) is 7.19. The number of nitrogens with zero attached hydrogens (tertiary/aromatic N) is 3. The van der Waals surface area contributed by atoms with Crippen LogP contribution in [0.4, 0.5) is 4.39 Å². The summed E-state index contributed by atoms with van der Waals surface area (Å²) < 4.78 is 15.3. The molecule has 0 aliphatic rings. The molecule has 0 spiro atoms. The zero-order valence-corrected chi connectivity index (χ0v) is 12.2. The number of hydrogen-bond donors (Lipinski definition) is 0. The predicted molar refractivity (Wildman–Crippen MR) is 79.0 cm³/mol. The van der Waals surface area contributed by atoms with Gasteiger partial charge in [-0.05, 0) is 18.6 Å². The van der Waals surface area contributed by atoms with E-state index in [0.29, 0.717) is 18.7 Å². The van der Waals surface area contributed by atoms with Gasteiger partial charge in [-0.3, -0.25) is 9.48 Å². The van der Waals surface area contributed by atoms with Crippen LogP contribution in [0, 0.1) is 5.82 Å². The SMILES string of the molecule is CCCCN(Cc1ccccc1F)C(=O)Cn1cccn1. The van der Waals surface area contributed by atoms with Gasteiger partial charge in [0.25, 0.3) is 0 Å². The lowest BCUT2D eigenvalue weighted by molar-refractivity contribution is -0.132. The van der Waals surface area contributed by atoms with Crippen LogP contribution in [0.2, 0.25) is 0 Å². The Bertz CT molecular complexity index is 569. The third-order valence-electron chi connectivity index (χ3n) is 3.31. The standard InChI is InChI=1S/C16H20FN3O/c1-2-3-10-19(12-14-7-4-5-8-15(14)17)16(21)13-20-11-6-9-18-20/h4-9,11H,2-3,10,12-13H2,1H3. The van der Waals surface area contributed by atoms with Crippen LogP contribution in [0.3, 0.4) is 0 Å². The van der Waals surface area contributed by atoms with Gasteiger partial charge in [0.1, 0.15) is 12.4 Å². The van der Waals surface area contributed by atoms with E-state index in [4.69, 9.17) is 0 Å². The number of aromatic nitrogens is 2. The average molecular weight is 289 g/mol. The quantitative estimate of drug-likeness (QED) is 0.786. The van der Waals surface area contributed by atoms with Crippen LogP contribution in [0.1, 0.15) is 25.3 Å². The first-order valence-corrected chi connectivity index (χ1v) is 7.19. The third kappa shape index (κ3) is 4.41. The molecule has 0 fully saturated rings. The van der Waals surface area contributed by atoms with Gasteiger partial charge in [0.2, 0.25) is 5.91 Å². The van der Waals surface area contributed by atoms with E-state index in [1.54, 1.807) is 46.2 Å². The van der Waals surface area contributed by atoms with Crippen LogP contribution in [-0.2, 0) is 17.9 Å². The minimum absolute atomic E-state index is 0.0459. The van der Waals surface area contributed by atoms with E-state index in [1.807, 2.05) is 0 Å². The van der Waals surface area contributed by atoms with Crippen molar-refractivity contribution >= 4 is 5.91 Å². The fourth-order valence-electron chi connectivity index (χ4n) is 2.11. The second-order valence-corrected chi connectivity index (χ2v) is 4.96. The van der Waals surface area contributed by atoms with Gasteiger partial charge in [0, 0.05) is 31.0 Å². The molecule has 1 amide bonds. The lowest BCUT2D eigenvalue weighted by Crippen LogP contribution is -2.34. The zero-order chi connectivity index (χ0) is 15.1. The van der Waals surface area contributed by atoms with Crippen molar-refractivity contribution in [3.8, 4) is 0 Å². The Morgan fingerprint density at radius 2 is 2.14 bits per heavy atom. The number of carbonyl (C=O) groups excluding carboxylic acids is 1. The van der Waals surface area contributed by atoms with E-state index in [1.165, 1.54) is 6.07 Å². The molecule has 1 aromatic heterocycles. The molecule has 0 saturated heterocycles. The van der Waals surface area contributed by atoms with E-state index >= 15 is 0 Å². The van der Waals surface area contributed by atoms with Crippen LogP contribution in [-0.4, -0.2) is 27.1 Å². The van der Waals surface area contributed by atoms with Gasteiger partial charge in [-0.15, -0.1) is 0 Å². The smallest absolute Gasteiger partial charge is 0.244 e. The lowest BCUT2D eigenvalue weighted by atomic mass is 10.2. The highest BCUT2D eigenvalue weighted by molar-refractivity contribution is 5.75. The Labute approximate surface area is 124 Å². The van der Waals surface area contributed by atoms with E-state index < -0.39 is 0 Å². The van der Waals surface area contributed by atoms with Crippen LogP contribution in [0.25, 0.3) is 0 Å². The Morgan fingerprint density at radius 1 is 1.33 bits per heavy atom. The molecule has 2 rings (SSSR count). The summed E-state index contributed by atoms with van der Waals surface area (Å²) >= 11 is 0. The van der Waals surface area contributed by atoms with Crippen molar-refractivity contribution in [2.24, 2.45) is 0 Å². The maximum absolute atomic E-state index is 13.8.